The molecule has 8 heteroatoms. The summed E-state index contributed by atoms with van der Waals surface area (Å²) in [6, 6.07) is 13.1. The summed E-state index contributed by atoms with van der Waals surface area (Å²) in [6.45, 7) is 1.80. The molecule has 2 aromatic carbocycles. The lowest BCUT2D eigenvalue weighted by molar-refractivity contribution is 0.601. The Bertz CT molecular complexity index is 1020. The second kappa shape index (κ2) is 6.70. The molecule has 0 fully saturated rings. The highest BCUT2D eigenvalue weighted by molar-refractivity contribution is 7.92. The molecule has 3 N–H and O–H groups in total. The lowest BCUT2D eigenvalue weighted by Crippen LogP contribution is -2.13. The summed E-state index contributed by atoms with van der Waals surface area (Å²) in [5.74, 6) is 0.181. The van der Waals surface area contributed by atoms with Crippen LogP contribution in [-0.2, 0) is 10.0 Å². The minimum absolute atomic E-state index is 0.156. The standard InChI is InChI=1S/C17H15ClN4O2S/c1-11-14(10-20-17(19)21-11)12-7-8-15(18)16(9-12)22-25(23,24)13-5-3-2-4-6-13/h2-10,22H,1H3,(H2,19,20,21). The number of halogens is 1. The fraction of sp³-hybridized carbons (Fsp3) is 0.0588. The Morgan fingerprint density at radius 2 is 1.84 bits per heavy atom. The zero-order chi connectivity index (χ0) is 18.0. The zero-order valence-electron chi connectivity index (χ0n) is 13.3. The topological polar surface area (TPSA) is 98.0 Å². The number of benzene rings is 2. The van der Waals surface area contributed by atoms with Crippen molar-refractivity contribution in [2.75, 3.05) is 10.5 Å². The molecule has 0 aliphatic carbocycles. The number of hydrogen-bond donors (Lipinski definition) is 2. The molecule has 3 aromatic rings. The molecule has 0 aliphatic heterocycles. The molecule has 6 nitrogen and oxygen atoms in total. The normalized spacial score (nSPS) is 11.3. The van der Waals surface area contributed by atoms with Gasteiger partial charge in [-0.1, -0.05) is 35.9 Å². The average Bonchev–Trinajstić information content (AvgIpc) is 2.58. The van der Waals surface area contributed by atoms with Crippen molar-refractivity contribution in [3.63, 3.8) is 0 Å². The summed E-state index contributed by atoms with van der Waals surface area (Å²) in [7, 11) is -3.74. The van der Waals surface area contributed by atoms with Gasteiger partial charge >= 0.3 is 0 Å². The third kappa shape index (κ3) is 3.72. The molecule has 0 unspecified atom stereocenters. The van der Waals surface area contributed by atoms with Crippen LogP contribution in [-0.4, -0.2) is 18.4 Å². The fourth-order valence-corrected chi connectivity index (χ4v) is 3.66. The fourth-order valence-electron chi connectivity index (χ4n) is 2.34. The summed E-state index contributed by atoms with van der Waals surface area (Å²) in [5.41, 5.74) is 8.01. The molecule has 0 spiro atoms. The number of aryl methyl sites for hydroxylation is 1. The van der Waals surface area contributed by atoms with Gasteiger partial charge in [0.1, 0.15) is 0 Å². The van der Waals surface area contributed by atoms with Crippen LogP contribution in [0.2, 0.25) is 5.02 Å². The first-order chi connectivity index (χ1) is 11.9. The van der Waals surface area contributed by atoms with Gasteiger partial charge in [0, 0.05) is 11.8 Å². The van der Waals surface area contributed by atoms with Crippen molar-refractivity contribution in [1.29, 1.82) is 0 Å². The Kier molecular flexibility index (Phi) is 4.61. The van der Waals surface area contributed by atoms with Crippen LogP contribution in [0.3, 0.4) is 0 Å². The van der Waals surface area contributed by atoms with Crippen LogP contribution in [0.5, 0.6) is 0 Å². The van der Waals surface area contributed by atoms with Crippen LogP contribution in [0.4, 0.5) is 11.6 Å². The van der Waals surface area contributed by atoms with E-state index >= 15 is 0 Å². The summed E-state index contributed by atoms with van der Waals surface area (Å²) >= 11 is 6.16. The number of anilines is 2. The van der Waals surface area contributed by atoms with Crippen LogP contribution >= 0.6 is 11.6 Å². The maximum absolute atomic E-state index is 12.5. The average molecular weight is 375 g/mol. The minimum atomic E-state index is -3.74. The number of nitrogens with two attached hydrogens (primary N) is 1. The highest BCUT2D eigenvalue weighted by atomic mass is 35.5. The number of nitrogens with one attached hydrogen (secondary N) is 1. The van der Waals surface area contributed by atoms with Gasteiger partial charge < -0.3 is 5.73 Å². The van der Waals surface area contributed by atoms with Crippen molar-refractivity contribution >= 4 is 33.3 Å². The second-order valence-corrected chi connectivity index (χ2v) is 7.43. The summed E-state index contributed by atoms with van der Waals surface area (Å²) in [6.07, 6.45) is 1.59. The van der Waals surface area contributed by atoms with E-state index in [1.807, 2.05) is 0 Å². The van der Waals surface area contributed by atoms with Gasteiger partial charge in [-0.2, -0.15) is 0 Å². The molecular formula is C17H15ClN4O2S. The van der Waals surface area contributed by atoms with Crippen molar-refractivity contribution in [2.45, 2.75) is 11.8 Å². The Balaban J connectivity index is 2.00. The van der Waals surface area contributed by atoms with Crippen molar-refractivity contribution in [3.8, 4) is 11.1 Å². The Labute approximate surface area is 150 Å². The zero-order valence-corrected chi connectivity index (χ0v) is 14.8. The third-order valence-corrected chi connectivity index (χ3v) is 5.28. The minimum Gasteiger partial charge on any atom is -0.368 e. The van der Waals surface area contributed by atoms with Gasteiger partial charge in [0.05, 0.1) is 21.3 Å². The van der Waals surface area contributed by atoms with Crippen molar-refractivity contribution < 1.29 is 8.42 Å². The predicted octanol–water partition coefficient (Wildman–Crippen LogP) is 3.49. The predicted molar refractivity (Wildman–Crippen MR) is 98.9 cm³/mol. The monoisotopic (exact) mass is 374 g/mol. The Hall–Kier alpha value is -2.64. The van der Waals surface area contributed by atoms with Crippen molar-refractivity contribution in [1.82, 2.24) is 9.97 Å². The van der Waals surface area contributed by atoms with Crippen LogP contribution in [0.1, 0.15) is 5.69 Å². The number of nitrogen functional groups attached to an aromatic ring is 1. The molecule has 128 valence electrons. The number of rotatable bonds is 4. The molecule has 0 radical (unpaired) electrons. The summed E-state index contributed by atoms with van der Waals surface area (Å²) in [5, 5.41) is 0.289. The molecule has 0 saturated carbocycles. The maximum Gasteiger partial charge on any atom is 0.261 e. The molecule has 0 amide bonds. The lowest BCUT2D eigenvalue weighted by atomic mass is 10.1. The first kappa shape index (κ1) is 17.2. The maximum atomic E-state index is 12.5. The van der Waals surface area contributed by atoms with Gasteiger partial charge in [-0.3, -0.25) is 4.72 Å². The summed E-state index contributed by atoms with van der Waals surface area (Å²) in [4.78, 5) is 8.26. The molecule has 0 saturated heterocycles. The van der Waals surface area contributed by atoms with Gasteiger partial charge in [0.2, 0.25) is 5.95 Å². The van der Waals surface area contributed by atoms with Crippen LogP contribution in [0, 0.1) is 6.92 Å². The molecule has 1 heterocycles. The van der Waals surface area contributed by atoms with E-state index in [4.69, 9.17) is 17.3 Å². The second-order valence-electron chi connectivity index (χ2n) is 5.34. The van der Waals surface area contributed by atoms with Crippen molar-refractivity contribution in [3.05, 3.63) is 65.4 Å². The van der Waals surface area contributed by atoms with Crippen LogP contribution in [0.25, 0.3) is 11.1 Å². The highest BCUT2D eigenvalue weighted by Crippen LogP contribution is 2.31. The van der Waals surface area contributed by atoms with E-state index in [0.717, 1.165) is 11.1 Å². The third-order valence-electron chi connectivity index (χ3n) is 3.57. The van der Waals surface area contributed by atoms with Gasteiger partial charge in [-0.15, -0.1) is 0 Å². The van der Waals surface area contributed by atoms with Crippen LogP contribution in [0.15, 0.2) is 59.6 Å². The number of hydrogen-bond acceptors (Lipinski definition) is 5. The summed E-state index contributed by atoms with van der Waals surface area (Å²) < 4.78 is 27.5. The first-order valence-electron chi connectivity index (χ1n) is 7.34. The molecule has 3 rings (SSSR count). The van der Waals surface area contributed by atoms with Crippen molar-refractivity contribution in [2.24, 2.45) is 0 Å². The molecule has 0 bridgehead atoms. The molecule has 0 atom stereocenters. The van der Waals surface area contributed by atoms with E-state index in [9.17, 15) is 8.42 Å². The van der Waals surface area contributed by atoms with E-state index in [1.165, 1.54) is 12.1 Å². The first-order valence-corrected chi connectivity index (χ1v) is 9.20. The number of sulfonamides is 1. The molecule has 25 heavy (non-hydrogen) atoms. The van der Waals surface area contributed by atoms with Gasteiger partial charge in [-0.05, 0) is 36.8 Å². The number of aromatic nitrogens is 2. The largest absolute Gasteiger partial charge is 0.368 e. The van der Waals surface area contributed by atoms with E-state index < -0.39 is 10.0 Å². The van der Waals surface area contributed by atoms with Gasteiger partial charge in [0.25, 0.3) is 10.0 Å². The Morgan fingerprint density at radius 3 is 2.52 bits per heavy atom. The van der Waals surface area contributed by atoms with Gasteiger partial charge in [0.15, 0.2) is 0 Å². The van der Waals surface area contributed by atoms with E-state index in [1.54, 1.807) is 49.5 Å². The Morgan fingerprint density at radius 1 is 1.12 bits per heavy atom. The van der Waals surface area contributed by atoms with Crippen LogP contribution < -0.4 is 10.5 Å². The quantitative estimate of drug-likeness (QED) is 0.728. The highest BCUT2D eigenvalue weighted by Gasteiger charge is 2.16. The number of nitrogens with zero attached hydrogens (tertiary/aromatic N) is 2. The van der Waals surface area contributed by atoms with E-state index in [-0.39, 0.29) is 21.6 Å². The van der Waals surface area contributed by atoms with E-state index in [0.29, 0.717) is 5.69 Å². The van der Waals surface area contributed by atoms with E-state index in [2.05, 4.69) is 14.7 Å². The smallest absolute Gasteiger partial charge is 0.261 e. The lowest BCUT2D eigenvalue weighted by Gasteiger charge is -2.12. The SMILES string of the molecule is Cc1nc(N)ncc1-c1ccc(Cl)c(NS(=O)(=O)c2ccccc2)c1. The molecular weight excluding hydrogens is 360 g/mol. The van der Waals surface area contributed by atoms with Gasteiger partial charge in [-0.25, -0.2) is 18.4 Å². The molecule has 1 aromatic heterocycles. The molecule has 0 aliphatic rings.